The normalized spacial score (nSPS) is 14.0. The third-order valence-corrected chi connectivity index (χ3v) is 6.50. The molecule has 0 saturated heterocycles. The standard InChI is InChI=1S/C29H32ClN5O4/c1-18-7-11-21(12-8-18)34-17-23-24(35(27(34)37)22-13-9-20(30)10-14-22)15-16-25(31-23)32-26(36)19(2)33(6)28(38)39-29(3,4)5/h7-16,19H,17H2,1-6H3,(H,31,32,36)/t19-/m0/s1. The zero-order chi connectivity index (χ0) is 28.5. The maximum absolute atomic E-state index is 13.7. The van der Waals surface area contributed by atoms with Crippen LogP contribution in [0.3, 0.4) is 0 Å². The number of likely N-dealkylation sites (N-methyl/N-ethyl adjacent to an activating group) is 1. The minimum atomic E-state index is -0.811. The van der Waals surface area contributed by atoms with Gasteiger partial charge in [-0.3, -0.25) is 19.5 Å². The van der Waals surface area contributed by atoms with E-state index in [1.54, 1.807) is 73.9 Å². The Bertz CT molecular complexity index is 1390. The smallest absolute Gasteiger partial charge is 0.410 e. The first-order valence-corrected chi connectivity index (χ1v) is 12.9. The van der Waals surface area contributed by atoms with Crippen LogP contribution >= 0.6 is 11.6 Å². The van der Waals surface area contributed by atoms with Gasteiger partial charge in [0.25, 0.3) is 0 Å². The van der Waals surface area contributed by atoms with Crippen LogP contribution < -0.4 is 15.1 Å². The van der Waals surface area contributed by atoms with Crippen LogP contribution in [0, 0.1) is 6.92 Å². The number of pyridine rings is 1. The fourth-order valence-corrected chi connectivity index (χ4v) is 4.12. The lowest BCUT2D eigenvalue weighted by Gasteiger charge is -2.36. The molecule has 2 heterocycles. The molecular formula is C29H32ClN5O4. The fraction of sp³-hybridized carbons (Fsp3) is 0.310. The highest BCUT2D eigenvalue weighted by atomic mass is 35.5. The van der Waals surface area contributed by atoms with Gasteiger partial charge in [0.15, 0.2) is 0 Å². The van der Waals surface area contributed by atoms with Gasteiger partial charge in [-0.1, -0.05) is 29.3 Å². The molecule has 3 aromatic rings. The molecule has 9 nitrogen and oxygen atoms in total. The molecule has 1 aromatic heterocycles. The van der Waals surface area contributed by atoms with Crippen molar-refractivity contribution in [2.24, 2.45) is 0 Å². The summed E-state index contributed by atoms with van der Waals surface area (Å²) in [6, 6.07) is 17.0. The van der Waals surface area contributed by atoms with Crippen LogP contribution in [-0.4, -0.2) is 46.6 Å². The van der Waals surface area contributed by atoms with Crippen LogP contribution in [-0.2, 0) is 16.1 Å². The van der Waals surface area contributed by atoms with Crippen LogP contribution in [0.25, 0.3) is 0 Å². The predicted molar refractivity (Wildman–Crippen MR) is 153 cm³/mol. The lowest BCUT2D eigenvalue weighted by molar-refractivity contribution is -0.120. The van der Waals surface area contributed by atoms with E-state index in [1.807, 2.05) is 31.2 Å². The molecule has 0 fully saturated rings. The average molecular weight is 550 g/mol. The molecule has 0 bridgehead atoms. The van der Waals surface area contributed by atoms with Crippen LogP contribution in [0.2, 0.25) is 5.02 Å². The van der Waals surface area contributed by atoms with E-state index in [2.05, 4.69) is 5.32 Å². The number of hydrogen-bond donors (Lipinski definition) is 1. The number of amides is 4. The van der Waals surface area contributed by atoms with Gasteiger partial charge in [0.2, 0.25) is 5.91 Å². The van der Waals surface area contributed by atoms with Gasteiger partial charge in [0.05, 0.1) is 23.6 Å². The second-order valence-electron chi connectivity index (χ2n) is 10.4. The average Bonchev–Trinajstić information content (AvgIpc) is 2.88. The van der Waals surface area contributed by atoms with Crippen molar-refractivity contribution in [2.45, 2.75) is 52.8 Å². The third-order valence-electron chi connectivity index (χ3n) is 6.24. The molecule has 2 aromatic carbocycles. The number of fused-ring (bicyclic) bond motifs is 1. The molecule has 1 N–H and O–H groups in total. The van der Waals surface area contributed by atoms with Crippen molar-refractivity contribution < 1.29 is 19.1 Å². The van der Waals surface area contributed by atoms with E-state index < -0.39 is 23.6 Å². The van der Waals surface area contributed by atoms with E-state index in [1.165, 1.54) is 11.9 Å². The topological polar surface area (TPSA) is 95.1 Å². The summed E-state index contributed by atoms with van der Waals surface area (Å²) in [5.41, 5.74) is 2.94. The first kappa shape index (κ1) is 27.9. The van der Waals surface area contributed by atoms with Gasteiger partial charge in [-0.25, -0.2) is 14.6 Å². The van der Waals surface area contributed by atoms with Crippen LogP contribution in [0.5, 0.6) is 0 Å². The fourth-order valence-electron chi connectivity index (χ4n) is 3.99. The second kappa shape index (κ2) is 10.9. The van der Waals surface area contributed by atoms with E-state index in [9.17, 15) is 14.4 Å². The minimum absolute atomic E-state index is 0.207. The van der Waals surface area contributed by atoms with Gasteiger partial charge in [0, 0.05) is 17.8 Å². The molecule has 1 aliphatic heterocycles. The van der Waals surface area contributed by atoms with Crippen molar-refractivity contribution >= 4 is 52.5 Å². The van der Waals surface area contributed by atoms with Crippen LogP contribution in [0.15, 0.2) is 60.7 Å². The Morgan fingerprint density at radius 3 is 2.26 bits per heavy atom. The summed E-state index contributed by atoms with van der Waals surface area (Å²) < 4.78 is 5.37. The van der Waals surface area contributed by atoms with E-state index >= 15 is 0 Å². The summed E-state index contributed by atoms with van der Waals surface area (Å²) in [5, 5.41) is 3.34. The second-order valence-corrected chi connectivity index (χ2v) is 10.9. The first-order chi connectivity index (χ1) is 18.3. The summed E-state index contributed by atoms with van der Waals surface area (Å²) in [5.74, 6) is -0.120. The minimum Gasteiger partial charge on any atom is -0.444 e. The Morgan fingerprint density at radius 1 is 1.03 bits per heavy atom. The Kier molecular flexibility index (Phi) is 7.83. The number of ether oxygens (including phenoxy) is 1. The van der Waals surface area contributed by atoms with Gasteiger partial charge < -0.3 is 10.1 Å². The number of anilines is 4. The lowest BCUT2D eigenvalue weighted by atomic mass is 10.1. The number of nitrogens with zero attached hydrogens (tertiary/aromatic N) is 4. The molecule has 0 spiro atoms. The van der Waals surface area contributed by atoms with Crippen molar-refractivity contribution in [3.63, 3.8) is 0 Å². The third kappa shape index (κ3) is 6.31. The molecule has 39 heavy (non-hydrogen) atoms. The molecule has 204 valence electrons. The predicted octanol–water partition coefficient (Wildman–Crippen LogP) is 6.52. The lowest BCUT2D eigenvalue weighted by Crippen LogP contribution is -2.46. The Labute approximate surface area is 233 Å². The number of carbonyl (C=O) groups is 3. The molecule has 1 atom stereocenters. The molecule has 0 unspecified atom stereocenters. The van der Waals surface area contributed by atoms with Crippen molar-refractivity contribution in [3.05, 3.63) is 76.9 Å². The Hall–Kier alpha value is -4.11. The number of halogens is 1. The van der Waals surface area contributed by atoms with Gasteiger partial charge >= 0.3 is 12.1 Å². The van der Waals surface area contributed by atoms with E-state index in [-0.39, 0.29) is 12.6 Å². The maximum atomic E-state index is 13.7. The highest BCUT2D eigenvalue weighted by molar-refractivity contribution is 6.30. The van der Waals surface area contributed by atoms with Crippen LogP contribution in [0.1, 0.15) is 39.0 Å². The van der Waals surface area contributed by atoms with E-state index in [0.717, 1.165) is 11.3 Å². The molecular weight excluding hydrogens is 518 g/mol. The largest absolute Gasteiger partial charge is 0.444 e. The highest BCUT2D eigenvalue weighted by Crippen LogP contribution is 2.37. The molecule has 0 saturated carbocycles. The van der Waals surface area contributed by atoms with Gasteiger partial charge in [-0.05, 0) is 83.1 Å². The number of nitrogens with one attached hydrogen (secondary N) is 1. The number of aromatic nitrogens is 1. The van der Waals surface area contributed by atoms with Crippen molar-refractivity contribution in [2.75, 3.05) is 22.2 Å². The van der Waals surface area contributed by atoms with Gasteiger partial charge in [-0.15, -0.1) is 0 Å². The van der Waals surface area contributed by atoms with Crippen molar-refractivity contribution in [3.8, 4) is 0 Å². The molecule has 10 heteroatoms. The number of benzene rings is 2. The Morgan fingerprint density at radius 2 is 1.64 bits per heavy atom. The number of aryl methyl sites for hydroxylation is 1. The number of urea groups is 1. The number of carbonyl (C=O) groups excluding carboxylic acids is 3. The molecule has 1 aliphatic rings. The summed E-state index contributed by atoms with van der Waals surface area (Å²) in [6.07, 6.45) is -0.602. The van der Waals surface area contributed by atoms with Crippen LogP contribution in [0.4, 0.5) is 32.5 Å². The molecule has 4 amide bonds. The molecule has 0 aliphatic carbocycles. The summed E-state index contributed by atoms with van der Waals surface area (Å²) >= 11 is 6.10. The monoisotopic (exact) mass is 549 g/mol. The van der Waals surface area contributed by atoms with Gasteiger partial charge in [0.1, 0.15) is 17.5 Å². The number of hydrogen-bond acceptors (Lipinski definition) is 5. The summed E-state index contributed by atoms with van der Waals surface area (Å²) in [6.45, 7) is 9.08. The summed E-state index contributed by atoms with van der Waals surface area (Å²) in [7, 11) is 1.51. The van der Waals surface area contributed by atoms with Crippen molar-refractivity contribution in [1.29, 1.82) is 0 Å². The zero-order valence-corrected chi connectivity index (χ0v) is 23.6. The molecule has 4 rings (SSSR count). The van der Waals surface area contributed by atoms with E-state index in [0.29, 0.717) is 27.9 Å². The SMILES string of the molecule is Cc1ccc(N2Cc3nc(NC(=O)[C@H](C)N(C)C(=O)OC(C)(C)C)ccc3N(c3ccc(Cl)cc3)C2=O)cc1. The Balaban J connectivity index is 1.63. The van der Waals surface area contributed by atoms with E-state index in [4.69, 9.17) is 21.3 Å². The quantitative estimate of drug-likeness (QED) is 0.391. The highest BCUT2D eigenvalue weighted by Gasteiger charge is 2.34. The molecule has 0 radical (unpaired) electrons. The maximum Gasteiger partial charge on any atom is 0.410 e. The van der Waals surface area contributed by atoms with Gasteiger partial charge in [-0.2, -0.15) is 0 Å². The number of rotatable bonds is 5. The summed E-state index contributed by atoms with van der Waals surface area (Å²) in [4.78, 5) is 48.3. The first-order valence-electron chi connectivity index (χ1n) is 12.5. The zero-order valence-electron chi connectivity index (χ0n) is 22.9. The van der Waals surface area contributed by atoms with Crippen molar-refractivity contribution in [1.82, 2.24) is 9.88 Å².